The molecule has 0 saturated carbocycles. The fourth-order valence-electron chi connectivity index (χ4n) is 2.28. The second-order valence-corrected chi connectivity index (χ2v) is 5.90. The summed E-state index contributed by atoms with van der Waals surface area (Å²) in [6.07, 6.45) is 2.09. The average molecular weight is 340 g/mol. The Bertz CT molecular complexity index is 527. The zero-order valence-corrected chi connectivity index (χ0v) is 13.0. The van der Waals surface area contributed by atoms with Gasteiger partial charge >= 0.3 is 0 Å². The van der Waals surface area contributed by atoms with E-state index in [1.807, 2.05) is 0 Å². The molecule has 0 radical (unpaired) electrons. The number of hydrogen-bond donors (Lipinski definition) is 1. The molecule has 2 rings (SSSR count). The Morgan fingerprint density at radius 3 is 2.60 bits per heavy atom. The van der Waals surface area contributed by atoms with Crippen molar-refractivity contribution < 1.29 is 9.59 Å². The minimum absolute atomic E-state index is 0.00552. The SMILES string of the molecule is CN(CC(=O)N1CCCC1)C(=O)c1ccc(Br)cc1N. The predicted octanol–water partition coefficient (Wildman–Crippen LogP) is 1.73. The summed E-state index contributed by atoms with van der Waals surface area (Å²) in [6, 6.07) is 5.11. The molecule has 0 bridgehead atoms. The second-order valence-electron chi connectivity index (χ2n) is 4.98. The van der Waals surface area contributed by atoms with Crippen LogP contribution >= 0.6 is 15.9 Å². The van der Waals surface area contributed by atoms with Gasteiger partial charge in [0.25, 0.3) is 5.91 Å². The normalized spacial score (nSPS) is 14.4. The molecular weight excluding hydrogens is 322 g/mol. The van der Waals surface area contributed by atoms with E-state index in [0.717, 1.165) is 30.4 Å². The van der Waals surface area contributed by atoms with Crippen LogP contribution < -0.4 is 5.73 Å². The molecule has 2 N–H and O–H groups in total. The highest BCUT2D eigenvalue weighted by Crippen LogP contribution is 2.20. The van der Waals surface area contributed by atoms with Crippen molar-refractivity contribution in [2.24, 2.45) is 0 Å². The number of anilines is 1. The molecule has 0 spiro atoms. The zero-order valence-electron chi connectivity index (χ0n) is 11.4. The van der Waals surface area contributed by atoms with Gasteiger partial charge in [-0.3, -0.25) is 9.59 Å². The number of halogens is 1. The maximum Gasteiger partial charge on any atom is 0.256 e. The van der Waals surface area contributed by atoms with Crippen LogP contribution in [-0.4, -0.2) is 48.3 Å². The van der Waals surface area contributed by atoms with Crippen molar-refractivity contribution in [1.29, 1.82) is 0 Å². The second kappa shape index (κ2) is 6.26. The molecule has 1 aromatic carbocycles. The molecule has 1 aliphatic rings. The van der Waals surface area contributed by atoms with Gasteiger partial charge in [0.15, 0.2) is 0 Å². The number of carbonyl (C=O) groups excluding carboxylic acids is 2. The molecule has 6 heteroatoms. The number of rotatable bonds is 3. The highest BCUT2D eigenvalue weighted by atomic mass is 79.9. The molecule has 1 fully saturated rings. The van der Waals surface area contributed by atoms with Crippen molar-refractivity contribution in [2.75, 3.05) is 32.4 Å². The van der Waals surface area contributed by atoms with Gasteiger partial charge < -0.3 is 15.5 Å². The van der Waals surface area contributed by atoms with E-state index in [1.54, 1.807) is 30.1 Å². The van der Waals surface area contributed by atoms with E-state index in [9.17, 15) is 9.59 Å². The largest absolute Gasteiger partial charge is 0.398 e. The number of nitrogens with two attached hydrogens (primary N) is 1. The van der Waals surface area contributed by atoms with Crippen molar-refractivity contribution in [3.05, 3.63) is 28.2 Å². The number of likely N-dealkylation sites (tertiary alicyclic amines) is 1. The summed E-state index contributed by atoms with van der Waals surface area (Å²) in [5, 5.41) is 0. The first-order valence-electron chi connectivity index (χ1n) is 6.57. The van der Waals surface area contributed by atoms with Gasteiger partial charge in [-0.25, -0.2) is 0 Å². The maximum atomic E-state index is 12.3. The number of nitrogens with zero attached hydrogens (tertiary/aromatic N) is 2. The Kier molecular flexibility index (Phi) is 4.65. The third-order valence-electron chi connectivity index (χ3n) is 3.42. The smallest absolute Gasteiger partial charge is 0.256 e. The summed E-state index contributed by atoms with van der Waals surface area (Å²) in [5.74, 6) is -0.239. The summed E-state index contributed by atoms with van der Waals surface area (Å²) >= 11 is 3.30. The molecule has 1 aromatic rings. The topological polar surface area (TPSA) is 66.6 Å². The van der Waals surface area contributed by atoms with Crippen molar-refractivity contribution in [3.8, 4) is 0 Å². The lowest BCUT2D eigenvalue weighted by molar-refractivity contribution is -0.130. The van der Waals surface area contributed by atoms with Crippen molar-refractivity contribution in [2.45, 2.75) is 12.8 Å². The van der Waals surface area contributed by atoms with E-state index in [0.29, 0.717) is 11.3 Å². The summed E-state index contributed by atoms with van der Waals surface area (Å²) < 4.78 is 0.822. The Balaban J connectivity index is 2.02. The van der Waals surface area contributed by atoms with Gasteiger partial charge in [0, 0.05) is 30.3 Å². The molecule has 2 amide bonds. The zero-order chi connectivity index (χ0) is 14.7. The molecule has 0 aromatic heterocycles. The van der Waals surface area contributed by atoms with Crippen molar-refractivity contribution in [1.82, 2.24) is 9.80 Å². The Morgan fingerprint density at radius 2 is 2.00 bits per heavy atom. The fourth-order valence-corrected chi connectivity index (χ4v) is 2.65. The van der Waals surface area contributed by atoms with Crippen LogP contribution in [0.4, 0.5) is 5.69 Å². The number of hydrogen-bond acceptors (Lipinski definition) is 3. The molecule has 0 unspecified atom stereocenters. The van der Waals surface area contributed by atoms with Crippen LogP contribution in [0.3, 0.4) is 0 Å². The van der Waals surface area contributed by atoms with E-state index in [2.05, 4.69) is 15.9 Å². The molecule has 0 aliphatic carbocycles. The molecule has 1 aliphatic heterocycles. The summed E-state index contributed by atoms with van der Waals surface area (Å²) in [5.41, 5.74) is 6.67. The monoisotopic (exact) mass is 339 g/mol. The van der Waals surface area contributed by atoms with Crippen LogP contribution in [-0.2, 0) is 4.79 Å². The van der Waals surface area contributed by atoms with E-state index in [4.69, 9.17) is 5.73 Å². The summed E-state index contributed by atoms with van der Waals surface area (Å²) in [4.78, 5) is 27.5. The highest BCUT2D eigenvalue weighted by molar-refractivity contribution is 9.10. The quantitative estimate of drug-likeness (QED) is 0.852. The van der Waals surface area contributed by atoms with Crippen LogP contribution in [0.25, 0.3) is 0 Å². The van der Waals surface area contributed by atoms with Gasteiger partial charge in [-0.05, 0) is 31.0 Å². The first-order valence-corrected chi connectivity index (χ1v) is 7.36. The number of carbonyl (C=O) groups is 2. The Morgan fingerprint density at radius 1 is 1.35 bits per heavy atom. The van der Waals surface area contributed by atoms with Gasteiger partial charge in [0.1, 0.15) is 0 Å². The highest BCUT2D eigenvalue weighted by Gasteiger charge is 2.22. The number of nitrogen functional groups attached to an aromatic ring is 1. The Labute approximate surface area is 126 Å². The lowest BCUT2D eigenvalue weighted by atomic mass is 10.1. The molecule has 108 valence electrons. The lowest BCUT2D eigenvalue weighted by Gasteiger charge is -2.22. The van der Waals surface area contributed by atoms with E-state index < -0.39 is 0 Å². The molecular formula is C14H18BrN3O2. The fraction of sp³-hybridized carbons (Fsp3) is 0.429. The van der Waals surface area contributed by atoms with E-state index >= 15 is 0 Å². The average Bonchev–Trinajstić information content (AvgIpc) is 2.91. The van der Waals surface area contributed by atoms with Gasteiger partial charge in [-0.1, -0.05) is 15.9 Å². The van der Waals surface area contributed by atoms with Crippen LogP contribution in [0.1, 0.15) is 23.2 Å². The predicted molar refractivity (Wildman–Crippen MR) is 81.3 cm³/mol. The number of amides is 2. The maximum absolute atomic E-state index is 12.3. The number of benzene rings is 1. The van der Waals surface area contributed by atoms with Gasteiger partial charge in [0.2, 0.25) is 5.91 Å². The first kappa shape index (κ1) is 14.8. The molecule has 20 heavy (non-hydrogen) atoms. The van der Waals surface area contributed by atoms with Crippen molar-refractivity contribution in [3.63, 3.8) is 0 Å². The number of likely N-dealkylation sites (N-methyl/N-ethyl adjacent to an activating group) is 1. The van der Waals surface area contributed by atoms with Gasteiger partial charge in [-0.2, -0.15) is 0 Å². The first-order chi connectivity index (χ1) is 9.49. The Hall–Kier alpha value is -1.56. The standard InChI is InChI=1S/C14H18BrN3O2/c1-17(9-13(19)18-6-2-3-7-18)14(20)11-5-4-10(15)8-12(11)16/h4-5,8H,2-3,6-7,9,16H2,1H3. The minimum Gasteiger partial charge on any atom is -0.398 e. The van der Waals surface area contributed by atoms with Crippen LogP contribution in [0.5, 0.6) is 0 Å². The van der Waals surface area contributed by atoms with Crippen LogP contribution in [0, 0.1) is 0 Å². The minimum atomic E-state index is -0.234. The molecule has 1 saturated heterocycles. The van der Waals surface area contributed by atoms with Crippen molar-refractivity contribution >= 4 is 33.4 Å². The summed E-state index contributed by atoms with van der Waals surface area (Å²) in [6.45, 7) is 1.68. The van der Waals surface area contributed by atoms with E-state index in [-0.39, 0.29) is 18.4 Å². The van der Waals surface area contributed by atoms with Gasteiger partial charge in [0.05, 0.1) is 12.1 Å². The van der Waals surface area contributed by atoms with Crippen LogP contribution in [0.2, 0.25) is 0 Å². The van der Waals surface area contributed by atoms with Crippen LogP contribution in [0.15, 0.2) is 22.7 Å². The molecule has 0 atom stereocenters. The van der Waals surface area contributed by atoms with E-state index in [1.165, 1.54) is 4.90 Å². The lowest BCUT2D eigenvalue weighted by Crippen LogP contribution is -2.40. The third kappa shape index (κ3) is 3.30. The summed E-state index contributed by atoms with van der Waals surface area (Å²) in [7, 11) is 1.62. The third-order valence-corrected chi connectivity index (χ3v) is 3.92. The molecule has 1 heterocycles. The van der Waals surface area contributed by atoms with Gasteiger partial charge in [-0.15, -0.1) is 0 Å². The molecule has 5 nitrogen and oxygen atoms in total.